The van der Waals surface area contributed by atoms with Crippen molar-refractivity contribution in [3.8, 4) is 6.57 Å². The molecule has 2 saturated heterocycles. The lowest BCUT2D eigenvalue weighted by atomic mass is 9.97. The SMILES string of the molecule is C#N.Cc1cn2nc([C@@H]3CCCCN3C(=O)c3ccccc3C(F)(F)F)cc2nc1N1CCCC1. The molecule has 1 aromatic carbocycles. The highest BCUT2D eigenvalue weighted by atomic mass is 19.4. The van der Waals surface area contributed by atoms with Crippen molar-refractivity contribution < 1.29 is 18.0 Å². The standard InChI is InChI=1S/C24H26F3N5O.CHN/c1-16-15-32-21(28-22(16)30-11-6-7-12-30)14-19(29-32)20-10-4-5-13-31(20)23(33)17-8-2-3-9-18(17)24(25,26)27;1-2/h2-3,8-9,14-15,20H,4-7,10-13H2,1H3;1H/t20-;/m0./s1. The van der Waals surface area contributed by atoms with Crippen LogP contribution >= 0.6 is 0 Å². The van der Waals surface area contributed by atoms with Gasteiger partial charge >= 0.3 is 6.18 Å². The lowest BCUT2D eigenvalue weighted by Crippen LogP contribution is -2.39. The van der Waals surface area contributed by atoms with Crippen molar-refractivity contribution in [2.75, 3.05) is 24.5 Å². The first-order chi connectivity index (χ1) is 16.8. The molecular weight excluding hydrogens is 457 g/mol. The number of rotatable bonds is 3. The number of hydrogen-bond acceptors (Lipinski definition) is 5. The second kappa shape index (κ2) is 9.94. The number of anilines is 1. The minimum Gasteiger partial charge on any atom is -0.356 e. The van der Waals surface area contributed by atoms with Gasteiger partial charge in [-0.05, 0) is 51.2 Å². The van der Waals surface area contributed by atoms with E-state index in [-0.39, 0.29) is 11.6 Å². The molecule has 0 unspecified atom stereocenters. The Morgan fingerprint density at radius 2 is 1.77 bits per heavy atom. The summed E-state index contributed by atoms with van der Waals surface area (Å²) in [5.74, 6) is 0.341. The summed E-state index contributed by atoms with van der Waals surface area (Å²) in [6.45, 7) is 7.87. The van der Waals surface area contributed by atoms with E-state index in [0.717, 1.165) is 56.2 Å². The van der Waals surface area contributed by atoms with Gasteiger partial charge in [0, 0.05) is 44.0 Å². The normalized spacial score (nSPS) is 18.4. The third-order valence-corrected chi connectivity index (χ3v) is 6.60. The molecule has 2 aromatic heterocycles. The van der Waals surface area contributed by atoms with Gasteiger partial charge in [0.2, 0.25) is 0 Å². The Labute approximate surface area is 201 Å². The Balaban J connectivity index is 0.00000141. The highest BCUT2D eigenvalue weighted by molar-refractivity contribution is 5.96. The first kappa shape index (κ1) is 24.5. The second-order valence-corrected chi connectivity index (χ2v) is 8.87. The lowest BCUT2D eigenvalue weighted by molar-refractivity contribution is -0.138. The van der Waals surface area contributed by atoms with Crippen LogP contribution in [0.1, 0.15) is 65.3 Å². The molecule has 0 aliphatic carbocycles. The smallest absolute Gasteiger partial charge is 0.356 e. The zero-order chi connectivity index (χ0) is 25.2. The number of fused-ring (bicyclic) bond motifs is 1. The molecule has 10 heteroatoms. The van der Waals surface area contributed by atoms with Crippen molar-refractivity contribution >= 4 is 17.4 Å². The molecule has 2 aliphatic rings. The van der Waals surface area contributed by atoms with Crippen LogP contribution in [0.15, 0.2) is 36.5 Å². The van der Waals surface area contributed by atoms with Gasteiger partial charge in [-0.1, -0.05) is 12.1 Å². The molecular formula is C25H27F3N6O. The summed E-state index contributed by atoms with van der Waals surface area (Å²) >= 11 is 0. The Hall–Kier alpha value is -3.61. The number of carbonyl (C=O) groups excluding carboxylic acids is 1. The third kappa shape index (κ3) is 4.81. The van der Waals surface area contributed by atoms with Gasteiger partial charge < -0.3 is 9.80 Å². The fourth-order valence-corrected chi connectivity index (χ4v) is 4.98. The van der Waals surface area contributed by atoms with Crippen LogP contribution in [0.4, 0.5) is 19.0 Å². The van der Waals surface area contributed by atoms with Crippen molar-refractivity contribution in [1.29, 1.82) is 5.26 Å². The van der Waals surface area contributed by atoms with Gasteiger partial charge in [-0.3, -0.25) is 4.79 Å². The van der Waals surface area contributed by atoms with Crippen LogP contribution in [-0.2, 0) is 6.18 Å². The average molecular weight is 485 g/mol. The Morgan fingerprint density at radius 3 is 2.49 bits per heavy atom. The van der Waals surface area contributed by atoms with E-state index in [1.807, 2.05) is 19.2 Å². The number of likely N-dealkylation sites (tertiary alicyclic amines) is 1. The van der Waals surface area contributed by atoms with Crippen molar-refractivity contribution in [3.63, 3.8) is 0 Å². The second-order valence-electron chi connectivity index (χ2n) is 8.87. The predicted molar refractivity (Wildman–Crippen MR) is 125 cm³/mol. The van der Waals surface area contributed by atoms with E-state index in [0.29, 0.717) is 24.3 Å². The number of piperidine rings is 1. The molecule has 2 aliphatic heterocycles. The summed E-state index contributed by atoms with van der Waals surface area (Å²) in [4.78, 5) is 22.0. The van der Waals surface area contributed by atoms with E-state index < -0.39 is 17.6 Å². The number of aromatic nitrogens is 3. The summed E-state index contributed by atoms with van der Waals surface area (Å²) in [5.41, 5.74) is 1.16. The first-order valence-corrected chi connectivity index (χ1v) is 11.7. The van der Waals surface area contributed by atoms with Crippen LogP contribution < -0.4 is 4.90 Å². The van der Waals surface area contributed by atoms with Crippen LogP contribution in [0.25, 0.3) is 5.65 Å². The molecule has 0 saturated carbocycles. The van der Waals surface area contributed by atoms with Crippen LogP contribution in [0.5, 0.6) is 0 Å². The highest BCUT2D eigenvalue weighted by Crippen LogP contribution is 2.36. The summed E-state index contributed by atoms with van der Waals surface area (Å²) < 4.78 is 42.3. The number of nitrogens with zero attached hydrogens (tertiary/aromatic N) is 6. The number of benzene rings is 1. The molecule has 35 heavy (non-hydrogen) atoms. The molecule has 3 aromatic rings. The van der Waals surface area contributed by atoms with Crippen LogP contribution in [0.2, 0.25) is 0 Å². The van der Waals surface area contributed by atoms with Gasteiger partial charge in [0.15, 0.2) is 5.65 Å². The number of hydrogen-bond donors (Lipinski definition) is 0. The van der Waals surface area contributed by atoms with Crippen LogP contribution in [-0.4, -0.2) is 45.0 Å². The molecule has 0 radical (unpaired) electrons. The summed E-state index contributed by atoms with van der Waals surface area (Å²) in [6, 6.07) is 6.48. The maximum Gasteiger partial charge on any atom is 0.417 e. The van der Waals surface area contributed by atoms with Gasteiger partial charge in [-0.2, -0.15) is 18.3 Å². The third-order valence-electron chi connectivity index (χ3n) is 6.60. The van der Waals surface area contributed by atoms with E-state index in [2.05, 4.69) is 16.6 Å². The topological polar surface area (TPSA) is 77.5 Å². The molecule has 4 heterocycles. The summed E-state index contributed by atoms with van der Waals surface area (Å²) in [7, 11) is 0. The number of amides is 1. The molecule has 7 nitrogen and oxygen atoms in total. The number of carbonyl (C=O) groups is 1. The maximum absolute atomic E-state index is 13.5. The minimum absolute atomic E-state index is 0.314. The Bertz CT molecular complexity index is 1230. The summed E-state index contributed by atoms with van der Waals surface area (Å²) in [5, 5.41) is 11.2. The number of aryl methyl sites for hydroxylation is 1. The van der Waals surface area contributed by atoms with E-state index in [9.17, 15) is 18.0 Å². The molecule has 5 rings (SSSR count). The molecule has 0 spiro atoms. The number of halogens is 3. The zero-order valence-corrected chi connectivity index (χ0v) is 19.5. The van der Waals surface area contributed by atoms with E-state index in [4.69, 9.17) is 10.2 Å². The van der Waals surface area contributed by atoms with E-state index in [1.54, 1.807) is 9.42 Å². The van der Waals surface area contributed by atoms with Gasteiger partial charge in [0.1, 0.15) is 5.82 Å². The van der Waals surface area contributed by atoms with Crippen molar-refractivity contribution in [1.82, 2.24) is 19.5 Å². The van der Waals surface area contributed by atoms with Crippen molar-refractivity contribution in [3.05, 3.63) is 58.9 Å². The van der Waals surface area contributed by atoms with Gasteiger partial charge in [-0.25, -0.2) is 14.8 Å². The number of nitriles is 1. The fourth-order valence-electron chi connectivity index (χ4n) is 4.98. The Morgan fingerprint density at radius 1 is 1.09 bits per heavy atom. The first-order valence-electron chi connectivity index (χ1n) is 11.7. The Kier molecular flexibility index (Phi) is 6.96. The van der Waals surface area contributed by atoms with Crippen molar-refractivity contribution in [2.24, 2.45) is 0 Å². The monoisotopic (exact) mass is 484 g/mol. The van der Waals surface area contributed by atoms with E-state index >= 15 is 0 Å². The molecule has 1 amide bonds. The van der Waals surface area contributed by atoms with Crippen molar-refractivity contribution in [2.45, 2.75) is 51.2 Å². The highest BCUT2D eigenvalue weighted by Gasteiger charge is 2.38. The molecule has 1 atom stereocenters. The molecule has 0 bridgehead atoms. The minimum atomic E-state index is -4.59. The molecule has 0 N–H and O–H groups in total. The number of alkyl halides is 3. The summed E-state index contributed by atoms with van der Waals surface area (Å²) in [6.07, 6.45) is 1.93. The average Bonchev–Trinajstić information content (AvgIpc) is 3.54. The van der Waals surface area contributed by atoms with Gasteiger partial charge in [0.25, 0.3) is 5.91 Å². The fraction of sp³-hybridized carbons (Fsp3) is 0.440. The van der Waals surface area contributed by atoms with Crippen LogP contribution in [0, 0.1) is 18.8 Å². The molecule has 2 fully saturated rings. The zero-order valence-electron chi connectivity index (χ0n) is 19.5. The van der Waals surface area contributed by atoms with Crippen LogP contribution in [0.3, 0.4) is 0 Å². The van der Waals surface area contributed by atoms with Gasteiger partial charge in [0.05, 0.1) is 22.9 Å². The van der Waals surface area contributed by atoms with Gasteiger partial charge in [-0.15, -0.1) is 0 Å². The van der Waals surface area contributed by atoms with E-state index in [1.165, 1.54) is 18.2 Å². The quantitative estimate of drug-likeness (QED) is 0.513. The largest absolute Gasteiger partial charge is 0.417 e. The lowest BCUT2D eigenvalue weighted by Gasteiger charge is -2.35. The predicted octanol–water partition coefficient (Wildman–Crippen LogP) is 5.16. The maximum atomic E-state index is 13.5. The molecule has 184 valence electrons.